The maximum absolute atomic E-state index is 6.02. The highest BCUT2D eigenvalue weighted by Gasteiger charge is 2.11. The molecule has 1 nitrogen and oxygen atoms in total. The van der Waals surface area contributed by atoms with Crippen molar-refractivity contribution in [3.05, 3.63) is 58.7 Å². The molecule has 1 aliphatic rings. The van der Waals surface area contributed by atoms with E-state index < -0.39 is 0 Å². The summed E-state index contributed by atoms with van der Waals surface area (Å²) in [5.74, 6) is 1.00. The second kappa shape index (κ2) is 5.30. The molecule has 0 atom stereocenters. The van der Waals surface area contributed by atoms with Crippen LogP contribution in [0.2, 0.25) is 0 Å². The summed E-state index contributed by atoms with van der Waals surface area (Å²) in [6.45, 7) is 2.11. The zero-order valence-electron chi connectivity index (χ0n) is 11.3. The number of hydrogen-bond acceptors (Lipinski definition) is 2. The smallest absolute Gasteiger partial charge is 0.0452 e. The lowest BCUT2D eigenvalue weighted by atomic mass is 10.1. The average Bonchev–Trinajstić information content (AvgIpc) is 2.87. The molecule has 1 aliphatic carbocycles. The minimum absolute atomic E-state index is 0.886. The molecule has 3 rings (SSSR count). The molecule has 19 heavy (non-hydrogen) atoms. The van der Waals surface area contributed by atoms with E-state index in [1.54, 1.807) is 11.1 Å². The molecule has 0 aromatic heterocycles. The van der Waals surface area contributed by atoms with E-state index in [9.17, 15) is 0 Å². The van der Waals surface area contributed by atoms with Crippen LogP contribution in [-0.4, -0.2) is 0 Å². The second-order valence-electron chi connectivity index (χ2n) is 5.29. The van der Waals surface area contributed by atoms with Crippen LogP contribution in [0.5, 0.6) is 0 Å². The molecular formula is C17H19NS. The van der Waals surface area contributed by atoms with Crippen LogP contribution in [0.25, 0.3) is 0 Å². The number of aryl methyl sites for hydroxylation is 3. The highest BCUT2D eigenvalue weighted by Crippen LogP contribution is 2.30. The van der Waals surface area contributed by atoms with Crippen LogP contribution in [0.4, 0.5) is 5.69 Å². The quantitative estimate of drug-likeness (QED) is 0.662. The fourth-order valence-electron chi connectivity index (χ4n) is 2.64. The minimum atomic E-state index is 0.886. The van der Waals surface area contributed by atoms with Gasteiger partial charge in [0.15, 0.2) is 0 Å². The molecule has 0 unspecified atom stereocenters. The first-order valence-electron chi connectivity index (χ1n) is 6.82. The van der Waals surface area contributed by atoms with Crippen LogP contribution in [-0.2, 0) is 18.6 Å². The Hall–Kier alpha value is -1.41. The summed E-state index contributed by atoms with van der Waals surface area (Å²) in [5.41, 5.74) is 12.7. The standard InChI is InChI=1S/C17H19NS/c1-12-5-8-16(18)17(9-12)19-11-13-6-7-14-3-2-4-15(14)10-13/h5-10H,2-4,11,18H2,1H3. The van der Waals surface area contributed by atoms with E-state index in [1.165, 1.54) is 35.3 Å². The number of fused-ring (bicyclic) bond motifs is 1. The van der Waals surface area contributed by atoms with Crippen molar-refractivity contribution in [2.24, 2.45) is 0 Å². The first kappa shape index (κ1) is 12.6. The van der Waals surface area contributed by atoms with Gasteiger partial charge in [-0.3, -0.25) is 0 Å². The fourth-order valence-corrected chi connectivity index (χ4v) is 3.65. The molecular weight excluding hydrogens is 250 g/mol. The van der Waals surface area contributed by atoms with Gasteiger partial charge in [-0.15, -0.1) is 11.8 Å². The molecule has 0 bridgehead atoms. The van der Waals surface area contributed by atoms with Crippen molar-refractivity contribution >= 4 is 17.4 Å². The van der Waals surface area contributed by atoms with E-state index in [2.05, 4.69) is 37.3 Å². The van der Waals surface area contributed by atoms with Crippen LogP contribution < -0.4 is 5.73 Å². The average molecular weight is 269 g/mol. The predicted molar refractivity (Wildman–Crippen MR) is 83.6 cm³/mol. The molecule has 0 spiro atoms. The van der Waals surface area contributed by atoms with Crippen molar-refractivity contribution in [2.75, 3.05) is 5.73 Å². The minimum Gasteiger partial charge on any atom is -0.398 e. The molecule has 0 heterocycles. The Morgan fingerprint density at radius 1 is 1.05 bits per heavy atom. The van der Waals surface area contributed by atoms with E-state index in [-0.39, 0.29) is 0 Å². The van der Waals surface area contributed by atoms with Crippen LogP contribution in [0.15, 0.2) is 41.3 Å². The van der Waals surface area contributed by atoms with Crippen LogP contribution in [0.1, 0.15) is 28.7 Å². The lowest BCUT2D eigenvalue weighted by Gasteiger charge is -2.08. The van der Waals surface area contributed by atoms with Gasteiger partial charge in [0.05, 0.1) is 0 Å². The van der Waals surface area contributed by atoms with Gasteiger partial charge in [0.25, 0.3) is 0 Å². The zero-order chi connectivity index (χ0) is 13.2. The zero-order valence-corrected chi connectivity index (χ0v) is 12.1. The Morgan fingerprint density at radius 2 is 1.89 bits per heavy atom. The van der Waals surface area contributed by atoms with Gasteiger partial charge in [0, 0.05) is 16.3 Å². The third kappa shape index (κ3) is 2.79. The lowest BCUT2D eigenvalue weighted by molar-refractivity contribution is 0.911. The SMILES string of the molecule is Cc1ccc(N)c(SCc2ccc3c(c2)CCC3)c1. The molecule has 2 aromatic carbocycles. The summed E-state index contributed by atoms with van der Waals surface area (Å²) in [6, 6.07) is 13.2. The van der Waals surface area contributed by atoms with Crippen molar-refractivity contribution in [3.8, 4) is 0 Å². The highest BCUT2D eigenvalue weighted by molar-refractivity contribution is 7.98. The number of thioether (sulfide) groups is 1. The molecule has 0 saturated heterocycles. The number of nitrogen functional groups attached to an aromatic ring is 1. The molecule has 0 saturated carbocycles. The molecule has 2 heteroatoms. The maximum atomic E-state index is 6.02. The summed E-state index contributed by atoms with van der Waals surface area (Å²) in [4.78, 5) is 1.19. The number of nitrogens with two attached hydrogens (primary N) is 1. The highest BCUT2D eigenvalue weighted by atomic mass is 32.2. The first-order chi connectivity index (χ1) is 9.22. The third-order valence-electron chi connectivity index (χ3n) is 3.73. The lowest BCUT2D eigenvalue weighted by Crippen LogP contribution is -1.91. The van der Waals surface area contributed by atoms with Gasteiger partial charge >= 0.3 is 0 Å². The summed E-state index contributed by atoms with van der Waals surface area (Å²) in [5, 5.41) is 0. The van der Waals surface area contributed by atoms with Gasteiger partial charge in [0.1, 0.15) is 0 Å². The molecule has 0 fully saturated rings. The molecule has 0 radical (unpaired) electrons. The van der Waals surface area contributed by atoms with E-state index >= 15 is 0 Å². The maximum Gasteiger partial charge on any atom is 0.0452 e. The second-order valence-corrected chi connectivity index (χ2v) is 6.30. The van der Waals surface area contributed by atoms with E-state index in [0.29, 0.717) is 0 Å². The summed E-state index contributed by atoms with van der Waals surface area (Å²) >= 11 is 1.83. The van der Waals surface area contributed by atoms with Crippen molar-refractivity contribution in [3.63, 3.8) is 0 Å². The Kier molecular flexibility index (Phi) is 3.52. The fraction of sp³-hybridized carbons (Fsp3) is 0.294. The molecule has 2 aromatic rings. The third-order valence-corrected chi connectivity index (χ3v) is 4.87. The Labute approximate surface area is 119 Å². The van der Waals surface area contributed by atoms with Crippen molar-refractivity contribution in [1.82, 2.24) is 0 Å². The molecule has 98 valence electrons. The van der Waals surface area contributed by atoms with Crippen molar-refractivity contribution < 1.29 is 0 Å². The van der Waals surface area contributed by atoms with Gasteiger partial charge < -0.3 is 5.73 Å². The van der Waals surface area contributed by atoms with Gasteiger partial charge in [-0.1, -0.05) is 24.3 Å². The molecule has 2 N–H and O–H groups in total. The first-order valence-corrected chi connectivity index (χ1v) is 7.80. The van der Waals surface area contributed by atoms with E-state index in [1.807, 2.05) is 17.8 Å². The number of benzene rings is 2. The summed E-state index contributed by atoms with van der Waals surface area (Å²) in [7, 11) is 0. The van der Waals surface area contributed by atoms with Gasteiger partial charge in [-0.2, -0.15) is 0 Å². The number of rotatable bonds is 3. The van der Waals surface area contributed by atoms with Gasteiger partial charge in [0.2, 0.25) is 0 Å². The summed E-state index contributed by atoms with van der Waals surface area (Å²) in [6.07, 6.45) is 3.82. The normalized spacial score (nSPS) is 13.5. The number of hydrogen-bond donors (Lipinski definition) is 1. The van der Waals surface area contributed by atoms with E-state index in [0.717, 1.165) is 11.4 Å². The molecule has 0 aliphatic heterocycles. The Balaban J connectivity index is 1.74. The van der Waals surface area contributed by atoms with Gasteiger partial charge in [-0.25, -0.2) is 0 Å². The van der Waals surface area contributed by atoms with Crippen LogP contribution >= 0.6 is 11.8 Å². The topological polar surface area (TPSA) is 26.0 Å². The monoisotopic (exact) mass is 269 g/mol. The Bertz CT molecular complexity index is 604. The van der Waals surface area contributed by atoms with Crippen molar-refractivity contribution in [1.29, 1.82) is 0 Å². The summed E-state index contributed by atoms with van der Waals surface area (Å²) < 4.78 is 0. The Morgan fingerprint density at radius 3 is 2.79 bits per heavy atom. The van der Waals surface area contributed by atoms with E-state index in [4.69, 9.17) is 5.73 Å². The van der Waals surface area contributed by atoms with Gasteiger partial charge in [-0.05, 0) is 60.6 Å². The van der Waals surface area contributed by atoms with Crippen molar-refractivity contribution in [2.45, 2.75) is 36.8 Å². The van der Waals surface area contributed by atoms with Crippen LogP contribution in [0, 0.1) is 6.92 Å². The largest absolute Gasteiger partial charge is 0.398 e. The molecule has 0 amide bonds. The predicted octanol–water partition coefficient (Wildman–Crippen LogP) is 4.36. The number of anilines is 1. The van der Waals surface area contributed by atoms with Crippen LogP contribution in [0.3, 0.4) is 0 Å².